The first-order valence-electron chi connectivity index (χ1n) is 11.1. The zero-order valence-electron chi connectivity index (χ0n) is 19.0. The van der Waals surface area contributed by atoms with Crippen molar-refractivity contribution in [3.05, 3.63) is 64.2 Å². The highest BCUT2D eigenvalue weighted by atomic mass is 35.5. The number of nitrogens with zero attached hydrogens (tertiary/aromatic N) is 2. The Hall–Kier alpha value is -2.11. The molecule has 4 rings (SSSR count). The lowest BCUT2D eigenvalue weighted by Crippen LogP contribution is -2.52. The largest absolute Gasteiger partial charge is 0.493 e. The van der Waals surface area contributed by atoms with Crippen LogP contribution in [0.1, 0.15) is 23.6 Å². The van der Waals surface area contributed by atoms with Gasteiger partial charge in [0.05, 0.1) is 31.5 Å². The number of rotatable bonds is 8. The quantitative estimate of drug-likeness (QED) is 0.564. The lowest BCUT2D eigenvalue weighted by atomic mass is 9.96. The molecule has 0 amide bonds. The van der Waals surface area contributed by atoms with Crippen molar-refractivity contribution in [2.45, 2.75) is 18.1 Å². The Labute approximate surface area is 201 Å². The van der Waals surface area contributed by atoms with Gasteiger partial charge in [0.1, 0.15) is 10.5 Å². The standard InChI is InChI=1S/C25H29ClN2O4S/c1-18-13-28(8-7-19-9-20(12-27)11-23(26)10-19)14-21(18)15-32-24-5-3-22(4-6-24)25(16-31-17-25)33(2,29)30/h3-6,9-11,18,21H,7-8,13-17H2,1-2H3/t18-,21+/m1/s1. The number of halogens is 1. The van der Waals surface area contributed by atoms with E-state index >= 15 is 0 Å². The van der Waals surface area contributed by atoms with E-state index in [9.17, 15) is 8.42 Å². The first-order valence-corrected chi connectivity index (χ1v) is 13.4. The van der Waals surface area contributed by atoms with Crippen LogP contribution in [0.4, 0.5) is 0 Å². The summed E-state index contributed by atoms with van der Waals surface area (Å²) in [6.07, 6.45) is 2.12. The fourth-order valence-corrected chi connectivity index (χ4v) is 6.05. The van der Waals surface area contributed by atoms with E-state index in [1.807, 2.05) is 36.4 Å². The number of ether oxygens (including phenoxy) is 2. The Morgan fingerprint density at radius 3 is 2.55 bits per heavy atom. The Morgan fingerprint density at radius 1 is 1.21 bits per heavy atom. The molecule has 0 unspecified atom stereocenters. The van der Waals surface area contributed by atoms with Gasteiger partial charge >= 0.3 is 0 Å². The van der Waals surface area contributed by atoms with Gasteiger partial charge in [-0.15, -0.1) is 0 Å². The number of benzene rings is 2. The second-order valence-electron chi connectivity index (χ2n) is 9.30. The lowest BCUT2D eigenvalue weighted by Gasteiger charge is -2.39. The molecular formula is C25H29ClN2O4S. The van der Waals surface area contributed by atoms with Crippen LogP contribution in [0.3, 0.4) is 0 Å². The van der Waals surface area contributed by atoms with Crippen molar-refractivity contribution in [3.63, 3.8) is 0 Å². The topological polar surface area (TPSA) is 79.6 Å². The highest BCUT2D eigenvalue weighted by molar-refractivity contribution is 7.91. The molecule has 33 heavy (non-hydrogen) atoms. The summed E-state index contributed by atoms with van der Waals surface area (Å²) >= 11 is 6.12. The molecule has 2 aliphatic rings. The summed E-state index contributed by atoms with van der Waals surface area (Å²) < 4.78 is 34.8. The summed E-state index contributed by atoms with van der Waals surface area (Å²) in [7, 11) is -3.26. The van der Waals surface area contributed by atoms with Gasteiger partial charge in [-0.2, -0.15) is 5.26 Å². The van der Waals surface area contributed by atoms with Crippen molar-refractivity contribution < 1.29 is 17.9 Å². The normalized spacial score (nSPS) is 22.5. The fourth-order valence-electron chi connectivity index (χ4n) is 4.63. The number of sulfone groups is 1. The zero-order valence-corrected chi connectivity index (χ0v) is 20.5. The molecule has 6 nitrogen and oxygen atoms in total. The van der Waals surface area contributed by atoms with Crippen molar-refractivity contribution in [2.24, 2.45) is 11.8 Å². The van der Waals surface area contributed by atoms with Gasteiger partial charge in [-0.05, 0) is 53.8 Å². The maximum Gasteiger partial charge on any atom is 0.161 e. The van der Waals surface area contributed by atoms with Crippen LogP contribution >= 0.6 is 11.6 Å². The van der Waals surface area contributed by atoms with E-state index in [4.69, 9.17) is 26.3 Å². The summed E-state index contributed by atoms with van der Waals surface area (Å²) in [5.41, 5.74) is 2.43. The second kappa shape index (κ2) is 9.63. The number of hydrogen-bond donors (Lipinski definition) is 0. The van der Waals surface area contributed by atoms with Crippen LogP contribution in [-0.4, -0.2) is 59.0 Å². The van der Waals surface area contributed by atoms with Gasteiger partial charge in [-0.25, -0.2) is 8.42 Å². The average molecular weight is 489 g/mol. The molecule has 2 saturated heterocycles. The van der Waals surface area contributed by atoms with Crippen LogP contribution in [-0.2, 0) is 25.7 Å². The minimum atomic E-state index is -3.26. The molecule has 0 spiro atoms. The van der Waals surface area contributed by atoms with Crippen LogP contribution in [0.25, 0.3) is 0 Å². The van der Waals surface area contributed by atoms with E-state index in [0.29, 0.717) is 29.0 Å². The summed E-state index contributed by atoms with van der Waals surface area (Å²) in [5, 5.41) is 9.73. The number of hydrogen-bond acceptors (Lipinski definition) is 6. The van der Waals surface area contributed by atoms with E-state index in [1.165, 1.54) is 6.26 Å². The molecule has 2 fully saturated rings. The van der Waals surface area contributed by atoms with Gasteiger partial charge in [0, 0.05) is 36.8 Å². The van der Waals surface area contributed by atoms with Crippen LogP contribution < -0.4 is 4.74 Å². The Morgan fingerprint density at radius 2 is 1.94 bits per heavy atom. The van der Waals surface area contributed by atoms with E-state index in [2.05, 4.69) is 17.9 Å². The van der Waals surface area contributed by atoms with Crippen molar-refractivity contribution >= 4 is 21.4 Å². The maximum absolute atomic E-state index is 12.2. The molecule has 0 aromatic heterocycles. The van der Waals surface area contributed by atoms with Crippen LogP contribution in [0.15, 0.2) is 42.5 Å². The monoisotopic (exact) mass is 488 g/mol. The predicted octanol–water partition coefficient (Wildman–Crippen LogP) is 3.67. The first kappa shape index (κ1) is 24.0. The first-order chi connectivity index (χ1) is 15.7. The smallest absolute Gasteiger partial charge is 0.161 e. The second-order valence-corrected chi connectivity index (χ2v) is 12.1. The predicted molar refractivity (Wildman–Crippen MR) is 128 cm³/mol. The fraction of sp³-hybridized carbons (Fsp3) is 0.480. The molecule has 2 aliphatic heterocycles. The van der Waals surface area contributed by atoms with Crippen molar-refractivity contribution in [3.8, 4) is 11.8 Å². The molecule has 8 heteroatoms. The van der Waals surface area contributed by atoms with Crippen LogP contribution in [0.2, 0.25) is 5.02 Å². The molecule has 2 atom stereocenters. The van der Waals surface area contributed by atoms with Gasteiger partial charge in [-0.1, -0.05) is 30.7 Å². The third kappa shape index (κ3) is 5.20. The molecule has 2 heterocycles. The highest BCUT2D eigenvalue weighted by Crippen LogP contribution is 2.38. The molecule has 0 aliphatic carbocycles. The van der Waals surface area contributed by atoms with Crippen molar-refractivity contribution in [2.75, 3.05) is 45.7 Å². The number of likely N-dealkylation sites (tertiary alicyclic amines) is 1. The summed E-state index contributed by atoms with van der Waals surface area (Å²) in [6, 6.07) is 15.0. The summed E-state index contributed by atoms with van der Waals surface area (Å²) in [6.45, 7) is 6.15. The molecule has 176 valence electrons. The maximum atomic E-state index is 12.2. The van der Waals surface area contributed by atoms with E-state index in [0.717, 1.165) is 42.9 Å². The third-order valence-corrected chi connectivity index (χ3v) is 8.98. The summed E-state index contributed by atoms with van der Waals surface area (Å²) in [4.78, 5) is 2.43. The van der Waals surface area contributed by atoms with Crippen molar-refractivity contribution in [1.29, 1.82) is 5.26 Å². The molecule has 2 aromatic rings. The average Bonchev–Trinajstić information content (AvgIpc) is 3.09. The van der Waals surface area contributed by atoms with Gasteiger partial charge in [0.2, 0.25) is 0 Å². The zero-order chi connectivity index (χ0) is 23.6. The van der Waals surface area contributed by atoms with Gasteiger partial charge in [0.15, 0.2) is 9.84 Å². The minimum Gasteiger partial charge on any atom is -0.493 e. The Kier molecular flexibility index (Phi) is 7.01. The molecule has 2 aromatic carbocycles. The number of nitriles is 1. The lowest BCUT2D eigenvalue weighted by molar-refractivity contribution is -0.0156. The molecule has 0 saturated carbocycles. The molecular weight excluding hydrogens is 460 g/mol. The Balaban J connectivity index is 1.30. The minimum absolute atomic E-state index is 0.203. The van der Waals surface area contributed by atoms with E-state index in [1.54, 1.807) is 6.07 Å². The van der Waals surface area contributed by atoms with Gasteiger partial charge in [0.25, 0.3) is 0 Å². The van der Waals surface area contributed by atoms with E-state index < -0.39 is 14.6 Å². The van der Waals surface area contributed by atoms with Crippen LogP contribution in [0, 0.1) is 23.2 Å². The highest BCUT2D eigenvalue weighted by Gasteiger charge is 2.49. The molecule has 0 N–H and O–H groups in total. The van der Waals surface area contributed by atoms with Gasteiger partial charge < -0.3 is 14.4 Å². The van der Waals surface area contributed by atoms with Gasteiger partial charge in [-0.3, -0.25) is 0 Å². The molecule has 0 radical (unpaired) electrons. The molecule has 0 bridgehead atoms. The van der Waals surface area contributed by atoms with Crippen LogP contribution in [0.5, 0.6) is 5.75 Å². The SMILES string of the molecule is C[C@@H]1CN(CCc2cc(Cl)cc(C#N)c2)C[C@H]1COc1ccc(C2(S(C)(=O)=O)COC2)cc1. The van der Waals surface area contributed by atoms with Crippen molar-refractivity contribution in [1.82, 2.24) is 4.90 Å². The summed E-state index contributed by atoms with van der Waals surface area (Å²) in [5.74, 6) is 1.68. The third-order valence-electron chi connectivity index (χ3n) is 6.87. The Bertz CT molecular complexity index is 1140. The van der Waals surface area contributed by atoms with E-state index in [-0.39, 0.29) is 13.2 Å².